The number of hydrogen-bond donors (Lipinski definition) is 1. The first-order chi connectivity index (χ1) is 16.9. The molecule has 3 aromatic carbocycles. The van der Waals surface area contributed by atoms with Gasteiger partial charge in [0.1, 0.15) is 5.01 Å². The van der Waals surface area contributed by atoms with Gasteiger partial charge in [-0.05, 0) is 41.7 Å². The molecular weight excluding hydrogens is 480 g/mol. The fourth-order valence-corrected chi connectivity index (χ4v) is 5.90. The molecule has 6 nitrogen and oxygen atoms in total. The van der Waals surface area contributed by atoms with E-state index in [1.54, 1.807) is 47.9 Å². The monoisotopic (exact) mass is 506 g/mol. The molecule has 8 heteroatoms. The number of benzene rings is 3. The van der Waals surface area contributed by atoms with E-state index in [0.717, 1.165) is 27.3 Å². The van der Waals surface area contributed by atoms with E-state index in [0.29, 0.717) is 12.8 Å². The Morgan fingerprint density at radius 2 is 1.60 bits per heavy atom. The fraction of sp³-hybridized carbons (Fsp3) is 0.185. The quantitative estimate of drug-likeness (QED) is 0.286. The number of aliphatic carboxylic acids is 1. The summed E-state index contributed by atoms with van der Waals surface area (Å²) in [5.74, 6) is -0.817. The van der Waals surface area contributed by atoms with Crippen LogP contribution >= 0.6 is 11.3 Å². The van der Waals surface area contributed by atoms with Crippen molar-refractivity contribution in [1.29, 1.82) is 0 Å². The van der Waals surface area contributed by atoms with Crippen molar-refractivity contribution in [2.45, 2.75) is 37.2 Å². The van der Waals surface area contributed by atoms with E-state index in [2.05, 4.69) is 4.98 Å². The molecule has 0 fully saturated rings. The van der Waals surface area contributed by atoms with E-state index in [4.69, 9.17) is 5.11 Å². The number of carboxylic acid groups (broad SMARTS) is 1. The zero-order valence-corrected chi connectivity index (χ0v) is 20.7. The third-order valence-corrected chi connectivity index (χ3v) is 8.21. The Balaban J connectivity index is 1.58. The molecule has 0 amide bonds. The molecule has 1 heterocycles. The van der Waals surface area contributed by atoms with Crippen molar-refractivity contribution in [3.63, 3.8) is 0 Å². The highest BCUT2D eigenvalue weighted by molar-refractivity contribution is 7.89. The molecule has 0 aliphatic carbocycles. The first-order valence-corrected chi connectivity index (χ1v) is 13.6. The number of nitrogens with zero attached hydrogens (tertiary/aromatic N) is 2. The third kappa shape index (κ3) is 6.63. The van der Waals surface area contributed by atoms with Crippen molar-refractivity contribution in [3.05, 3.63) is 107 Å². The molecule has 1 aromatic heterocycles. The summed E-state index contributed by atoms with van der Waals surface area (Å²) in [5, 5.41) is 11.7. The fourth-order valence-electron chi connectivity index (χ4n) is 3.82. The minimum atomic E-state index is -3.75. The molecular formula is C27H26N2O4S2. The summed E-state index contributed by atoms with van der Waals surface area (Å²) in [7, 11) is -3.75. The van der Waals surface area contributed by atoms with Crippen molar-refractivity contribution >= 4 is 27.3 Å². The summed E-state index contributed by atoms with van der Waals surface area (Å²) in [6, 6.07) is 23.9. The van der Waals surface area contributed by atoms with Crippen LogP contribution in [-0.2, 0) is 34.3 Å². The Morgan fingerprint density at radius 1 is 0.886 bits per heavy atom. The number of carbonyl (C=O) groups is 1. The Morgan fingerprint density at radius 3 is 2.29 bits per heavy atom. The molecule has 0 radical (unpaired) electrons. The Kier molecular flexibility index (Phi) is 8.07. The molecule has 1 N–H and O–H groups in total. The van der Waals surface area contributed by atoms with Crippen LogP contribution in [0, 0.1) is 0 Å². The zero-order chi connectivity index (χ0) is 24.7. The summed E-state index contributed by atoms with van der Waals surface area (Å²) in [5.41, 5.74) is 3.73. The number of aryl methyl sites for hydroxylation is 1. The van der Waals surface area contributed by atoms with Gasteiger partial charge in [0.05, 0.1) is 4.90 Å². The van der Waals surface area contributed by atoms with Crippen LogP contribution in [0.25, 0.3) is 10.6 Å². The highest BCUT2D eigenvalue weighted by Crippen LogP contribution is 2.25. The van der Waals surface area contributed by atoms with Crippen molar-refractivity contribution in [1.82, 2.24) is 9.29 Å². The van der Waals surface area contributed by atoms with Crippen molar-refractivity contribution < 1.29 is 18.3 Å². The van der Waals surface area contributed by atoms with Crippen molar-refractivity contribution in [2.24, 2.45) is 0 Å². The number of carboxylic acids is 1. The second-order valence-electron chi connectivity index (χ2n) is 8.19. The summed E-state index contributed by atoms with van der Waals surface area (Å²) in [6.07, 6.45) is 3.04. The van der Waals surface area contributed by atoms with Gasteiger partial charge in [-0.15, -0.1) is 11.3 Å². The minimum absolute atomic E-state index is 0.107. The highest BCUT2D eigenvalue weighted by Gasteiger charge is 2.25. The first kappa shape index (κ1) is 24.8. The van der Waals surface area contributed by atoms with Crippen LogP contribution in [-0.4, -0.2) is 28.8 Å². The molecule has 0 aliphatic rings. The van der Waals surface area contributed by atoms with Gasteiger partial charge in [0.25, 0.3) is 0 Å². The van der Waals surface area contributed by atoms with Gasteiger partial charge < -0.3 is 5.11 Å². The van der Waals surface area contributed by atoms with E-state index in [1.165, 1.54) is 4.31 Å². The van der Waals surface area contributed by atoms with E-state index < -0.39 is 16.0 Å². The lowest BCUT2D eigenvalue weighted by atomic mass is 10.1. The van der Waals surface area contributed by atoms with E-state index in [9.17, 15) is 13.2 Å². The topological polar surface area (TPSA) is 87.6 Å². The maximum Gasteiger partial charge on any atom is 0.303 e. The molecule has 0 saturated carbocycles. The predicted octanol–water partition coefficient (Wildman–Crippen LogP) is 5.61. The van der Waals surface area contributed by atoms with Gasteiger partial charge in [0.15, 0.2) is 0 Å². The van der Waals surface area contributed by atoms with Crippen LogP contribution < -0.4 is 0 Å². The van der Waals surface area contributed by atoms with E-state index >= 15 is 0 Å². The number of hydrogen-bond acceptors (Lipinski definition) is 5. The second-order valence-corrected chi connectivity index (χ2v) is 11.0. The Labute approximate surface area is 209 Å². The first-order valence-electron chi connectivity index (χ1n) is 11.3. The SMILES string of the molecule is O=C(O)CCCc1cccc(CN(Cc2ccc(-c3nccs3)cc2)S(=O)(=O)c2ccccc2)c1. The maximum atomic E-state index is 13.6. The molecule has 35 heavy (non-hydrogen) atoms. The average molecular weight is 507 g/mol. The molecule has 4 rings (SSSR count). The third-order valence-electron chi connectivity index (χ3n) is 5.58. The van der Waals surface area contributed by atoms with Gasteiger partial charge in [-0.1, -0.05) is 66.7 Å². The summed E-state index contributed by atoms with van der Waals surface area (Å²) in [4.78, 5) is 15.4. The van der Waals surface area contributed by atoms with Gasteiger partial charge in [-0.2, -0.15) is 4.31 Å². The lowest BCUT2D eigenvalue weighted by Crippen LogP contribution is -2.30. The lowest BCUT2D eigenvalue weighted by Gasteiger charge is -2.23. The van der Waals surface area contributed by atoms with Gasteiger partial charge >= 0.3 is 5.97 Å². The Hall–Kier alpha value is -3.33. The molecule has 180 valence electrons. The summed E-state index contributed by atoms with van der Waals surface area (Å²) in [6.45, 7) is 0.427. The zero-order valence-electron chi connectivity index (χ0n) is 19.1. The number of thiazole rings is 1. The number of aromatic nitrogens is 1. The van der Waals surface area contributed by atoms with Gasteiger partial charge in [-0.25, -0.2) is 13.4 Å². The van der Waals surface area contributed by atoms with Gasteiger partial charge in [0.2, 0.25) is 10.0 Å². The highest BCUT2D eigenvalue weighted by atomic mass is 32.2. The average Bonchev–Trinajstić information content (AvgIpc) is 3.40. The normalized spacial score (nSPS) is 11.6. The maximum absolute atomic E-state index is 13.6. The predicted molar refractivity (Wildman–Crippen MR) is 137 cm³/mol. The molecule has 0 aliphatic heterocycles. The minimum Gasteiger partial charge on any atom is -0.481 e. The molecule has 0 bridgehead atoms. The van der Waals surface area contributed by atoms with Crippen LogP contribution in [0.3, 0.4) is 0 Å². The molecule has 4 aromatic rings. The molecule has 0 unspecified atom stereocenters. The number of sulfonamides is 1. The van der Waals surface area contributed by atoms with Crippen LogP contribution in [0.15, 0.2) is 95.3 Å². The smallest absolute Gasteiger partial charge is 0.303 e. The second kappa shape index (κ2) is 11.4. The summed E-state index contributed by atoms with van der Waals surface area (Å²) < 4.78 is 28.6. The van der Waals surface area contributed by atoms with Crippen LogP contribution in [0.1, 0.15) is 29.5 Å². The summed E-state index contributed by atoms with van der Waals surface area (Å²) >= 11 is 1.56. The molecule has 0 saturated heterocycles. The standard InChI is InChI=1S/C27H26N2O4S2/c30-26(31)11-5-7-21-6-4-8-23(18-21)20-29(35(32,33)25-9-2-1-3-10-25)19-22-12-14-24(15-13-22)27-28-16-17-34-27/h1-4,6,8-10,12-18H,5,7,11,19-20H2,(H,30,31). The molecule has 0 atom stereocenters. The largest absolute Gasteiger partial charge is 0.481 e. The van der Waals surface area contributed by atoms with Gasteiger partial charge in [0, 0.05) is 36.7 Å². The van der Waals surface area contributed by atoms with Crippen LogP contribution in [0.2, 0.25) is 0 Å². The molecule has 0 spiro atoms. The lowest BCUT2D eigenvalue weighted by molar-refractivity contribution is -0.137. The van der Waals surface area contributed by atoms with Crippen LogP contribution in [0.4, 0.5) is 0 Å². The van der Waals surface area contributed by atoms with Crippen LogP contribution in [0.5, 0.6) is 0 Å². The number of rotatable bonds is 11. The van der Waals surface area contributed by atoms with E-state index in [-0.39, 0.29) is 24.4 Å². The Bertz CT molecular complexity index is 1350. The van der Waals surface area contributed by atoms with Crippen molar-refractivity contribution in [2.75, 3.05) is 0 Å². The van der Waals surface area contributed by atoms with Gasteiger partial charge in [-0.3, -0.25) is 4.79 Å². The van der Waals surface area contributed by atoms with Crippen molar-refractivity contribution in [3.8, 4) is 10.6 Å². The van der Waals surface area contributed by atoms with E-state index in [1.807, 2.05) is 53.9 Å².